The lowest BCUT2D eigenvalue weighted by molar-refractivity contribution is -0.133. The molecule has 1 aromatic rings. The molecule has 0 aliphatic carbocycles. The molecule has 2 rings (SSSR count). The summed E-state index contributed by atoms with van der Waals surface area (Å²) in [6, 6.07) is 9.56. The Labute approximate surface area is 132 Å². The quantitative estimate of drug-likeness (QED) is 0.825. The minimum atomic E-state index is -0.369. The summed E-state index contributed by atoms with van der Waals surface area (Å²) in [5.41, 5.74) is 1.12. The number of likely N-dealkylation sites (tertiary alicyclic amines) is 1. The van der Waals surface area contributed by atoms with E-state index in [4.69, 9.17) is 0 Å². The van der Waals surface area contributed by atoms with Crippen LogP contribution in [0.25, 0.3) is 0 Å². The number of amides is 2. The van der Waals surface area contributed by atoms with E-state index in [-0.39, 0.29) is 17.9 Å². The van der Waals surface area contributed by atoms with Crippen LogP contribution in [0.1, 0.15) is 25.3 Å². The minimum Gasteiger partial charge on any atom is -0.343 e. The van der Waals surface area contributed by atoms with Gasteiger partial charge in [0.05, 0.1) is 6.54 Å². The number of nitrogens with one attached hydrogen (secondary N) is 1. The molecule has 0 radical (unpaired) electrons. The largest absolute Gasteiger partial charge is 0.343 e. The summed E-state index contributed by atoms with van der Waals surface area (Å²) in [5.74, 6) is -0.0498. The van der Waals surface area contributed by atoms with Gasteiger partial charge in [-0.1, -0.05) is 37.3 Å². The molecule has 120 valence electrons. The molecule has 5 heteroatoms. The molecule has 1 atom stereocenters. The van der Waals surface area contributed by atoms with Crippen molar-refractivity contribution in [1.29, 1.82) is 0 Å². The molecule has 1 aromatic carbocycles. The lowest BCUT2D eigenvalue weighted by Gasteiger charge is -2.19. The third-order valence-electron chi connectivity index (χ3n) is 3.87. The van der Waals surface area contributed by atoms with E-state index in [1.807, 2.05) is 47.2 Å². The van der Waals surface area contributed by atoms with Crippen molar-refractivity contribution >= 4 is 11.8 Å². The zero-order valence-electron chi connectivity index (χ0n) is 13.4. The number of likely N-dealkylation sites (N-methyl/N-ethyl adjacent to an activating group) is 1. The first-order valence-corrected chi connectivity index (χ1v) is 7.90. The van der Waals surface area contributed by atoms with Crippen LogP contribution in [0.2, 0.25) is 0 Å². The van der Waals surface area contributed by atoms with Crippen molar-refractivity contribution in [2.75, 3.05) is 26.7 Å². The number of carbonyl (C=O) groups excluding carboxylic acids is 2. The van der Waals surface area contributed by atoms with E-state index < -0.39 is 0 Å². The Hall–Kier alpha value is -1.88. The van der Waals surface area contributed by atoms with Crippen LogP contribution in [-0.4, -0.2) is 54.3 Å². The number of hydrogen-bond donors (Lipinski definition) is 1. The monoisotopic (exact) mass is 303 g/mol. The number of nitrogens with zero attached hydrogens (tertiary/aromatic N) is 2. The SMILES string of the molecule is CCCN(C)CC(=O)NC1CCN(Cc2ccccc2)C1=O. The van der Waals surface area contributed by atoms with Crippen molar-refractivity contribution in [2.24, 2.45) is 0 Å². The fourth-order valence-corrected chi connectivity index (χ4v) is 2.78. The fourth-order valence-electron chi connectivity index (χ4n) is 2.78. The summed E-state index contributed by atoms with van der Waals surface area (Å²) in [4.78, 5) is 28.1. The molecule has 1 fully saturated rings. The highest BCUT2D eigenvalue weighted by Gasteiger charge is 2.32. The summed E-state index contributed by atoms with van der Waals surface area (Å²) in [7, 11) is 1.92. The topological polar surface area (TPSA) is 52.7 Å². The number of hydrogen-bond acceptors (Lipinski definition) is 3. The summed E-state index contributed by atoms with van der Waals surface area (Å²) in [5, 5.41) is 2.86. The second kappa shape index (κ2) is 7.94. The Morgan fingerprint density at radius 2 is 2.09 bits per heavy atom. The third-order valence-corrected chi connectivity index (χ3v) is 3.87. The van der Waals surface area contributed by atoms with Crippen molar-refractivity contribution in [1.82, 2.24) is 15.1 Å². The molecule has 1 aliphatic heterocycles. The lowest BCUT2D eigenvalue weighted by Crippen LogP contribution is -2.45. The van der Waals surface area contributed by atoms with Crippen LogP contribution in [0, 0.1) is 0 Å². The normalized spacial score (nSPS) is 18.0. The molecule has 0 bridgehead atoms. The first kappa shape index (κ1) is 16.5. The minimum absolute atomic E-state index is 0.0235. The van der Waals surface area contributed by atoms with Crippen LogP contribution in [0.5, 0.6) is 0 Å². The van der Waals surface area contributed by atoms with Crippen molar-refractivity contribution in [3.8, 4) is 0 Å². The lowest BCUT2D eigenvalue weighted by atomic mass is 10.2. The second-order valence-electron chi connectivity index (χ2n) is 5.89. The van der Waals surface area contributed by atoms with Crippen LogP contribution >= 0.6 is 0 Å². The van der Waals surface area contributed by atoms with Gasteiger partial charge in [-0.3, -0.25) is 14.5 Å². The summed E-state index contributed by atoms with van der Waals surface area (Å²) < 4.78 is 0. The Morgan fingerprint density at radius 3 is 2.77 bits per heavy atom. The summed E-state index contributed by atoms with van der Waals surface area (Å²) >= 11 is 0. The van der Waals surface area contributed by atoms with Crippen LogP contribution in [0.3, 0.4) is 0 Å². The van der Waals surface area contributed by atoms with Gasteiger partial charge in [0, 0.05) is 13.1 Å². The molecule has 22 heavy (non-hydrogen) atoms. The highest BCUT2D eigenvalue weighted by atomic mass is 16.2. The third kappa shape index (κ3) is 4.56. The Balaban J connectivity index is 1.82. The second-order valence-corrected chi connectivity index (χ2v) is 5.89. The zero-order valence-corrected chi connectivity index (χ0v) is 13.4. The zero-order chi connectivity index (χ0) is 15.9. The van der Waals surface area contributed by atoms with Crippen molar-refractivity contribution in [3.05, 3.63) is 35.9 Å². The number of carbonyl (C=O) groups is 2. The highest BCUT2D eigenvalue weighted by Crippen LogP contribution is 2.15. The first-order chi connectivity index (χ1) is 10.6. The van der Waals surface area contributed by atoms with Crippen LogP contribution in [-0.2, 0) is 16.1 Å². The van der Waals surface area contributed by atoms with Crippen LogP contribution in [0.15, 0.2) is 30.3 Å². The Bertz CT molecular complexity index is 504. The maximum atomic E-state index is 12.4. The highest BCUT2D eigenvalue weighted by molar-refractivity contribution is 5.89. The predicted molar refractivity (Wildman–Crippen MR) is 86.2 cm³/mol. The van der Waals surface area contributed by atoms with Gasteiger partial charge in [-0.15, -0.1) is 0 Å². The fraction of sp³-hybridized carbons (Fsp3) is 0.529. The molecule has 1 heterocycles. The van der Waals surface area contributed by atoms with E-state index in [0.29, 0.717) is 26.1 Å². The van der Waals surface area contributed by atoms with E-state index >= 15 is 0 Å². The molecule has 2 amide bonds. The Morgan fingerprint density at radius 1 is 1.36 bits per heavy atom. The molecule has 0 spiro atoms. The van der Waals surface area contributed by atoms with Gasteiger partial charge in [-0.25, -0.2) is 0 Å². The van der Waals surface area contributed by atoms with Crippen LogP contribution < -0.4 is 5.32 Å². The van der Waals surface area contributed by atoms with Crippen molar-refractivity contribution in [2.45, 2.75) is 32.4 Å². The molecule has 1 aliphatic rings. The molecule has 5 nitrogen and oxygen atoms in total. The molecule has 1 N–H and O–H groups in total. The van der Waals surface area contributed by atoms with E-state index in [0.717, 1.165) is 18.5 Å². The number of benzene rings is 1. The smallest absolute Gasteiger partial charge is 0.245 e. The predicted octanol–water partition coefficient (Wildman–Crippen LogP) is 1.25. The van der Waals surface area contributed by atoms with Gasteiger partial charge in [0.15, 0.2) is 0 Å². The average molecular weight is 303 g/mol. The van der Waals surface area contributed by atoms with Gasteiger partial charge in [-0.2, -0.15) is 0 Å². The van der Waals surface area contributed by atoms with Crippen LogP contribution in [0.4, 0.5) is 0 Å². The molecular formula is C17H25N3O2. The van der Waals surface area contributed by atoms with Gasteiger partial charge < -0.3 is 10.2 Å². The maximum absolute atomic E-state index is 12.4. The number of rotatable bonds is 7. The van der Waals surface area contributed by atoms with E-state index in [9.17, 15) is 9.59 Å². The van der Waals surface area contributed by atoms with Crippen molar-refractivity contribution in [3.63, 3.8) is 0 Å². The summed E-state index contributed by atoms with van der Waals surface area (Å²) in [6.45, 7) is 4.62. The first-order valence-electron chi connectivity index (χ1n) is 7.90. The summed E-state index contributed by atoms with van der Waals surface area (Å²) in [6.07, 6.45) is 1.70. The van der Waals surface area contributed by atoms with Gasteiger partial charge >= 0.3 is 0 Å². The van der Waals surface area contributed by atoms with Gasteiger partial charge in [0.25, 0.3) is 0 Å². The van der Waals surface area contributed by atoms with E-state index in [2.05, 4.69) is 12.2 Å². The molecular weight excluding hydrogens is 278 g/mol. The Kier molecular flexibility index (Phi) is 5.95. The standard InChI is InChI=1S/C17H25N3O2/c1-3-10-19(2)13-16(21)18-15-9-11-20(17(15)22)12-14-7-5-4-6-8-14/h4-8,15H,3,9-13H2,1-2H3,(H,18,21). The molecule has 0 saturated carbocycles. The van der Waals surface area contributed by atoms with Crippen molar-refractivity contribution < 1.29 is 9.59 Å². The van der Waals surface area contributed by atoms with Gasteiger partial charge in [-0.05, 0) is 32.0 Å². The molecule has 1 unspecified atom stereocenters. The maximum Gasteiger partial charge on any atom is 0.245 e. The molecule has 0 aromatic heterocycles. The molecule has 1 saturated heterocycles. The van der Waals surface area contributed by atoms with E-state index in [1.165, 1.54) is 0 Å². The average Bonchev–Trinajstić information content (AvgIpc) is 2.81. The van der Waals surface area contributed by atoms with Gasteiger partial charge in [0.1, 0.15) is 6.04 Å². The van der Waals surface area contributed by atoms with Gasteiger partial charge in [0.2, 0.25) is 11.8 Å². The van der Waals surface area contributed by atoms with E-state index in [1.54, 1.807) is 0 Å².